The third-order valence-corrected chi connectivity index (χ3v) is 2.71. The van der Waals surface area contributed by atoms with E-state index in [0.29, 0.717) is 12.2 Å². The first kappa shape index (κ1) is 14.8. The van der Waals surface area contributed by atoms with Crippen molar-refractivity contribution in [3.05, 3.63) is 58.4 Å². The minimum atomic E-state index is -0.491. The molecule has 0 spiro atoms. The topological polar surface area (TPSA) is 64.4 Å². The zero-order valence-corrected chi connectivity index (χ0v) is 11.5. The van der Waals surface area contributed by atoms with E-state index in [-0.39, 0.29) is 17.2 Å². The van der Waals surface area contributed by atoms with E-state index in [9.17, 15) is 14.5 Å². The zero-order chi connectivity index (χ0) is 15.2. The van der Waals surface area contributed by atoms with Crippen LogP contribution in [-0.4, -0.2) is 11.5 Å². The van der Waals surface area contributed by atoms with Crippen LogP contribution in [0, 0.1) is 15.9 Å². The van der Waals surface area contributed by atoms with Crippen LogP contribution in [0.1, 0.15) is 13.3 Å². The molecule has 21 heavy (non-hydrogen) atoms. The van der Waals surface area contributed by atoms with Crippen molar-refractivity contribution < 1.29 is 14.1 Å². The van der Waals surface area contributed by atoms with Gasteiger partial charge >= 0.3 is 0 Å². The van der Waals surface area contributed by atoms with Crippen molar-refractivity contribution in [2.24, 2.45) is 0 Å². The highest BCUT2D eigenvalue weighted by atomic mass is 19.1. The third kappa shape index (κ3) is 4.17. The van der Waals surface area contributed by atoms with E-state index in [1.807, 2.05) is 6.92 Å². The zero-order valence-electron chi connectivity index (χ0n) is 11.5. The molecule has 5 nitrogen and oxygen atoms in total. The van der Waals surface area contributed by atoms with E-state index < -0.39 is 10.7 Å². The number of nitro groups is 1. The lowest BCUT2D eigenvalue weighted by atomic mass is 10.2. The number of nitro benzene ring substituents is 1. The fraction of sp³-hybridized carbons (Fsp3) is 0.200. The third-order valence-electron chi connectivity index (χ3n) is 2.71. The van der Waals surface area contributed by atoms with E-state index >= 15 is 0 Å². The normalized spacial score (nSPS) is 10.2. The molecule has 2 aromatic carbocycles. The molecule has 0 saturated carbocycles. The van der Waals surface area contributed by atoms with Crippen molar-refractivity contribution >= 4 is 11.4 Å². The van der Waals surface area contributed by atoms with Crippen LogP contribution in [-0.2, 0) is 0 Å². The minimum Gasteiger partial charge on any atom is -0.457 e. The van der Waals surface area contributed by atoms with Gasteiger partial charge < -0.3 is 10.1 Å². The van der Waals surface area contributed by atoms with Gasteiger partial charge in [0.1, 0.15) is 17.3 Å². The number of hydrogen-bond acceptors (Lipinski definition) is 4. The fourth-order valence-corrected chi connectivity index (χ4v) is 1.79. The molecule has 0 saturated heterocycles. The predicted octanol–water partition coefficient (Wildman–Crippen LogP) is 4.35. The Hall–Kier alpha value is -2.63. The molecular formula is C15H15FN2O3. The smallest absolute Gasteiger partial charge is 0.275 e. The van der Waals surface area contributed by atoms with Crippen molar-refractivity contribution in [3.8, 4) is 11.5 Å². The van der Waals surface area contributed by atoms with E-state index in [0.717, 1.165) is 6.42 Å². The highest BCUT2D eigenvalue weighted by molar-refractivity contribution is 5.57. The molecule has 0 radical (unpaired) electrons. The van der Waals surface area contributed by atoms with E-state index in [2.05, 4.69) is 5.32 Å². The van der Waals surface area contributed by atoms with Crippen molar-refractivity contribution in [1.82, 2.24) is 0 Å². The van der Waals surface area contributed by atoms with Crippen molar-refractivity contribution in [2.45, 2.75) is 13.3 Å². The number of ether oxygens (including phenoxy) is 1. The second kappa shape index (κ2) is 6.69. The molecule has 0 atom stereocenters. The first-order chi connectivity index (χ1) is 10.1. The molecule has 0 fully saturated rings. The van der Waals surface area contributed by atoms with Gasteiger partial charge in [0, 0.05) is 30.4 Å². The Morgan fingerprint density at radius 1 is 1.24 bits per heavy atom. The molecule has 6 heteroatoms. The van der Waals surface area contributed by atoms with Gasteiger partial charge in [0.15, 0.2) is 0 Å². The van der Waals surface area contributed by atoms with Crippen LogP contribution >= 0.6 is 0 Å². The maximum absolute atomic E-state index is 13.1. The molecule has 2 rings (SSSR count). The first-order valence-corrected chi connectivity index (χ1v) is 6.55. The van der Waals surface area contributed by atoms with E-state index in [4.69, 9.17) is 4.74 Å². The number of rotatable bonds is 6. The summed E-state index contributed by atoms with van der Waals surface area (Å²) in [4.78, 5) is 10.5. The number of nitrogens with one attached hydrogen (secondary N) is 1. The van der Waals surface area contributed by atoms with Gasteiger partial charge in [-0.3, -0.25) is 10.1 Å². The number of non-ortho nitro benzene ring substituents is 1. The summed E-state index contributed by atoms with van der Waals surface area (Å²) in [6.07, 6.45) is 0.892. The second-order valence-corrected chi connectivity index (χ2v) is 4.46. The first-order valence-electron chi connectivity index (χ1n) is 6.55. The van der Waals surface area contributed by atoms with Gasteiger partial charge in [0.2, 0.25) is 0 Å². The van der Waals surface area contributed by atoms with E-state index in [1.165, 1.54) is 30.3 Å². The lowest BCUT2D eigenvalue weighted by Gasteiger charge is -2.09. The van der Waals surface area contributed by atoms with Crippen LogP contribution in [0.15, 0.2) is 42.5 Å². The highest BCUT2D eigenvalue weighted by Gasteiger charge is 2.11. The molecule has 0 heterocycles. The number of halogens is 1. The Bertz CT molecular complexity index is 647. The molecule has 0 aliphatic rings. The van der Waals surface area contributed by atoms with Crippen molar-refractivity contribution in [1.29, 1.82) is 0 Å². The Balaban J connectivity index is 2.28. The van der Waals surface area contributed by atoms with Crippen LogP contribution in [0.25, 0.3) is 0 Å². The average Bonchev–Trinajstić information content (AvgIpc) is 2.45. The molecular weight excluding hydrogens is 275 g/mol. The van der Waals surface area contributed by atoms with Crippen LogP contribution in [0.4, 0.5) is 15.8 Å². The lowest BCUT2D eigenvalue weighted by molar-refractivity contribution is -0.384. The van der Waals surface area contributed by atoms with E-state index in [1.54, 1.807) is 12.1 Å². The highest BCUT2D eigenvalue weighted by Crippen LogP contribution is 2.29. The van der Waals surface area contributed by atoms with Crippen molar-refractivity contribution in [2.75, 3.05) is 11.9 Å². The molecule has 0 amide bonds. The number of nitrogens with zero attached hydrogens (tertiary/aromatic N) is 1. The van der Waals surface area contributed by atoms with Crippen LogP contribution in [0.3, 0.4) is 0 Å². The Morgan fingerprint density at radius 2 is 2.05 bits per heavy atom. The Kier molecular flexibility index (Phi) is 4.71. The monoisotopic (exact) mass is 290 g/mol. The SMILES string of the molecule is CCCNc1cc(Oc2cccc(F)c2)cc([N+](=O)[O-])c1. The summed E-state index contributed by atoms with van der Waals surface area (Å²) in [6, 6.07) is 10.0. The summed E-state index contributed by atoms with van der Waals surface area (Å²) in [5, 5.41) is 14.0. The summed E-state index contributed by atoms with van der Waals surface area (Å²) >= 11 is 0. The molecule has 0 aliphatic heterocycles. The van der Waals surface area contributed by atoms with Crippen LogP contribution in [0.5, 0.6) is 11.5 Å². The molecule has 1 N–H and O–H groups in total. The number of hydrogen-bond donors (Lipinski definition) is 1. The second-order valence-electron chi connectivity index (χ2n) is 4.46. The molecule has 0 unspecified atom stereocenters. The summed E-state index contributed by atoms with van der Waals surface area (Å²) in [6.45, 7) is 2.69. The fourth-order valence-electron chi connectivity index (χ4n) is 1.79. The molecule has 0 aliphatic carbocycles. The summed E-state index contributed by atoms with van der Waals surface area (Å²) in [7, 11) is 0. The summed E-state index contributed by atoms with van der Waals surface area (Å²) < 4.78 is 18.6. The molecule has 2 aromatic rings. The van der Waals surface area contributed by atoms with Gasteiger partial charge in [-0.1, -0.05) is 13.0 Å². The van der Waals surface area contributed by atoms with Crippen molar-refractivity contribution in [3.63, 3.8) is 0 Å². The van der Waals surface area contributed by atoms with Gasteiger partial charge in [0.05, 0.1) is 11.0 Å². The van der Waals surface area contributed by atoms with Gasteiger partial charge in [-0.15, -0.1) is 0 Å². The predicted molar refractivity (Wildman–Crippen MR) is 78.4 cm³/mol. The Morgan fingerprint density at radius 3 is 2.71 bits per heavy atom. The molecule has 0 bridgehead atoms. The maximum Gasteiger partial charge on any atom is 0.275 e. The summed E-state index contributed by atoms with van der Waals surface area (Å²) in [5.41, 5.74) is 0.514. The lowest BCUT2D eigenvalue weighted by Crippen LogP contribution is -2.01. The van der Waals surface area contributed by atoms with Gasteiger partial charge in [-0.25, -0.2) is 4.39 Å². The minimum absolute atomic E-state index is 0.0810. The maximum atomic E-state index is 13.1. The Labute approximate surface area is 121 Å². The molecule has 0 aromatic heterocycles. The largest absolute Gasteiger partial charge is 0.457 e. The molecule has 110 valence electrons. The van der Waals surface area contributed by atoms with Gasteiger partial charge in [-0.2, -0.15) is 0 Å². The standard InChI is InChI=1S/C15H15FN2O3/c1-2-6-17-12-8-13(18(19)20)10-15(9-12)21-14-5-3-4-11(16)7-14/h3-5,7-10,17H,2,6H2,1H3. The van der Waals surface area contributed by atoms with Crippen LogP contribution < -0.4 is 10.1 Å². The summed E-state index contributed by atoms with van der Waals surface area (Å²) in [5.74, 6) is 0.146. The van der Waals surface area contributed by atoms with Crippen LogP contribution in [0.2, 0.25) is 0 Å². The number of benzene rings is 2. The number of anilines is 1. The van der Waals surface area contributed by atoms with Gasteiger partial charge in [-0.05, 0) is 18.6 Å². The quantitative estimate of drug-likeness (QED) is 0.634. The van der Waals surface area contributed by atoms with Gasteiger partial charge in [0.25, 0.3) is 5.69 Å². The average molecular weight is 290 g/mol.